The Bertz CT molecular complexity index is 116. The van der Waals surface area contributed by atoms with E-state index < -0.39 is 0 Å². The van der Waals surface area contributed by atoms with E-state index in [0.717, 1.165) is 19.4 Å². The summed E-state index contributed by atoms with van der Waals surface area (Å²) < 4.78 is 0. The summed E-state index contributed by atoms with van der Waals surface area (Å²) in [5.74, 6) is 0. The van der Waals surface area contributed by atoms with E-state index >= 15 is 0 Å². The predicted molar refractivity (Wildman–Crippen MR) is 40.0 cm³/mol. The van der Waals surface area contributed by atoms with Crippen LogP contribution in [0.15, 0.2) is 0 Å². The number of rotatable bonds is 3. The molecule has 0 aromatic carbocycles. The summed E-state index contributed by atoms with van der Waals surface area (Å²) in [6.45, 7) is 2.73. The van der Waals surface area contributed by atoms with Gasteiger partial charge in [0.05, 0.1) is 6.54 Å². The van der Waals surface area contributed by atoms with Crippen LogP contribution < -0.4 is 5.32 Å². The molecule has 1 aliphatic rings. The normalized spacial score (nSPS) is 27.1. The molecule has 3 nitrogen and oxygen atoms in total. The van der Waals surface area contributed by atoms with E-state index in [1.807, 2.05) is 0 Å². The molecule has 0 aliphatic carbocycles. The average molecular weight is 142 g/mol. The smallest absolute Gasteiger partial charge is 0.133 e. The Kier molecular flexibility index (Phi) is 2.83. The molecule has 1 atom stereocenters. The largest absolute Gasteiger partial charge is 0.306 e. The average Bonchev–Trinajstić information content (AvgIpc) is 2.31. The Morgan fingerprint density at radius 1 is 1.80 bits per heavy atom. The molecule has 10 heavy (non-hydrogen) atoms. The fraction of sp³-hybridized carbons (Fsp3) is 0.857. The lowest BCUT2D eigenvalue weighted by Gasteiger charge is -2.09. The molecule has 1 N–H and O–H groups in total. The summed E-state index contributed by atoms with van der Waals surface area (Å²) in [5, 5.41) is 3.15. The van der Waals surface area contributed by atoms with Gasteiger partial charge in [0.1, 0.15) is 6.29 Å². The van der Waals surface area contributed by atoms with Gasteiger partial charge in [0.15, 0.2) is 0 Å². The van der Waals surface area contributed by atoms with E-state index in [1.54, 1.807) is 0 Å². The Labute approximate surface area is 61.4 Å². The van der Waals surface area contributed by atoms with Crippen LogP contribution in [-0.2, 0) is 4.79 Å². The molecule has 1 heterocycles. The Balaban J connectivity index is 2.12. The third kappa shape index (κ3) is 2.08. The SMILES string of the molecule is CN1CCC(NCC=O)C1. The summed E-state index contributed by atoms with van der Waals surface area (Å²) in [6, 6.07) is 0.537. The number of aldehydes is 1. The van der Waals surface area contributed by atoms with Crippen LogP contribution in [0.25, 0.3) is 0 Å². The molecule has 0 amide bonds. The highest BCUT2D eigenvalue weighted by atomic mass is 16.1. The third-order valence-electron chi connectivity index (χ3n) is 1.88. The van der Waals surface area contributed by atoms with Crippen LogP contribution in [0.5, 0.6) is 0 Å². The van der Waals surface area contributed by atoms with E-state index in [2.05, 4.69) is 17.3 Å². The first kappa shape index (κ1) is 7.69. The fourth-order valence-corrected chi connectivity index (χ4v) is 1.32. The molecule has 0 radical (unpaired) electrons. The van der Waals surface area contributed by atoms with Crippen molar-refractivity contribution in [2.75, 3.05) is 26.7 Å². The van der Waals surface area contributed by atoms with Crippen molar-refractivity contribution in [1.29, 1.82) is 0 Å². The molecule has 0 aromatic heterocycles. The van der Waals surface area contributed by atoms with Crippen molar-refractivity contribution in [3.8, 4) is 0 Å². The summed E-state index contributed by atoms with van der Waals surface area (Å²) in [7, 11) is 2.10. The van der Waals surface area contributed by atoms with E-state index in [9.17, 15) is 4.79 Å². The lowest BCUT2D eigenvalue weighted by molar-refractivity contribution is -0.107. The number of hydrogen-bond acceptors (Lipinski definition) is 3. The summed E-state index contributed by atoms with van der Waals surface area (Å²) in [5.41, 5.74) is 0. The standard InChI is InChI=1S/C7H14N2O/c1-9-4-2-7(6-9)8-3-5-10/h5,7-8H,2-4,6H2,1H3. The van der Waals surface area contributed by atoms with Gasteiger partial charge in [0.25, 0.3) is 0 Å². The molecule has 58 valence electrons. The molecule has 0 saturated carbocycles. The van der Waals surface area contributed by atoms with E-state index in [-0.39, 0.29) is 0 Å². The van der Waals surface area contributed by atoms with E-state index in [4.69, 9.17) is 0 Å². The van der Waals surface area contributed by atoms with Crippen molar-refractivity contribution in [2.45, 2.75) is 12.5 Å². The molecule has 0 bridgehead atoms. The number of carbonyl (C=O) groups excluding carboxylic acids is 1. The quantitative estimate of drug-likeness (QED) is 0.538. The molecule has 1 rings (SSSR count). The summed E-state index contributed by atoms with van der Waals surface area (Å²) in [4.78, 5) is 12.2. The van der Waals surface area contributed by atoms with Gasteiger partial charge in [-0.1, -0.05) is 0 Å². The minimum atomic E-state index is 0.499. The van der Waals surface area contributed by atoms with Crippen LogP contribution in [-0.4, -0.2) is 43.9 Å². The van der Waals surface area contributed by atoms with Crippen molar-refractivity contribution in [3.63, 3.8) is 0 Å². The Morgan fingerprint density at radius 2 is 2.60 bits per heavy atom. The molecule has 1 saturated heterocycles. The molecule has 0 spiro atoms. The van der Waals surface area contributed by atoms with Crippen LogP contribution >= 0.6 is 0 Å². The van der Waals surface area contributed by atoms with Crippen LogP contribution in [0, 0.1) is 0 Å². The molecule has 3 heteroatoms. The molecule has 0 aromatic rings. The van der Waals surface area contributed by atoms with Crippen molar-refractivity contribution >= 4 is 6.29 Å². The van der Waals surface area contributed by atoms with Gasteiger partial charge in [0, 0.05) is 12.6 Å². The monoisotopic (exact) mass is 142 g/mol. The second-order valence-corrected chi connectivity index (χ2v) is 2.82. The molecule has 1 unspecified atom stereocenters. The van der Waals surface area contributed by atoms with E-state index in [0.29, 0.717) is 12.6 Å². The second-order valence-electron chi connectivity index (χ2n) is 2.82. The Morgan fingerprint density at radius 3 is 3.10 bits per heavy atom. The van der Waals surface area contributed by atoms with Gasteiger partial charge in [-0.15, -0.1) is 0 Å². The predicted octanol–water partition coefficient (Wildman–Crippen LogP) is -0.521. The molecular weight excluding hydrogens is 128 g/mol. The highest BCUT2D eigenvalue weighted by Gasteiger charge is 2.17. The maximum atomic E-state index is 9.97. The number of likely N-dealkylation sites (N-methyl/N-ethyl adjacent to an activating group) is 1. The first-order valence-corrected chi connectivity index (χ1v) is 3.68. The number of nitrogens with one attached hydrogen (secondary N) is 1. The zero-order valence-corrected chi connectivity index (χ0v) is 6.34. The van der Waals surface area contributed by atoms with Crippen LogP contribution in [0.1, 0.15) is 6.42 Å². The Hall–Kier alpha value is -0.410. The van der Waals surface area contributed by atoms with Crippen LogP contribution in [0.2, 0.25) is 0 Å². The molecule has 1 fully saturated rings. The van der Waals surface area contributed by atoms with Gasteiger partial charge in [-0.25, -0.2) is 0 Å². The fourth-order valence-electron chi connectivity index (χ4n) is 1.32. The molecule has 1 aliphatic heterocycles. The van der Waals surface area contributed by atoms with Crippen molar-refractivity contribution in [2.24, 2.45) is 0 Å². The summed E-state index contributed by atoms with van der Waals surface area (Å²) >= 11 is 0. The third-order valence-corrected chi connectivity index (χ3v) is 1.88. The minimum Gasteiger partial charge on any atom is -0.306 e. The van der Waals surface area contributed by atoms with Crippen molar-refractivity contribution < 1.29 is 4.79 Å². The zero-order chi connectivity index (χ0) is 7.40. The van der Waals surface area contributed by atoms with Crippen molar-refractivity contribution in [1.82, 2.24) is 10.2 Å². The van der Waals surface area contributed by atoms with Crippen LogP contribution in [0.3, 0.4) is 0 Å². The van der Waals surface area contributed by atoms with Gasteiger partial charge in [-0.2, -0.15) is 0 Å². The van der Waals surface area contributed by atoms with Gasteiger partial charge in [-0.05, 0) is 20.0 Å². The number of nitrogens with zero attached hydrogens (tertiary/aromatic N) is 1. The van der Waals surface area contributed by atoms with Crippen LogP contribution in [0.4, 0.5) is 0 Å². The maximum absolute atomic E-state index is 9.97. The highest BCUT2D eigenvalue weighted by molar-refractivity contribution is 5.51. The van der Waals surface area contributed by atoms with Gasteiger partial charge >= 0.3 is 0 Å². The lowest BCUT2D eigenvalue weighted by atomic mass is 10.3. The van der Waals surface area contributed by atoms with Gasteiger partial charge in [-0.3, -0.25) is 0 Å². The van der Waals surface area contributed by atoms with Gasteiger partial charge < -0.3 is 15.0 Å². The van der Waals surface area contributed by atoms with Crippen molar-refractivity contribution in [3.05, 3.63) is 0 Å². The lowest BCUT2D eigenvalue weighted by Crippen LogP contribution is -2.32. The van der Waals surface area contributed by atoms with E-state index in [1.165, 1.54) is 6.42 Å². The van der Waals surface area contributed by atoms with Gasteiger partial charge in [0.2, 0.25) is 0 Å². The number of carbonyl (C=O) groups is 1. The highest BCUT2D eigenvalue weighted by Crippen LogP contribution is 2.04. The first-order chi connectivity index (χ1) is 4.83. The zero-order valence-electron chi connectivity index (χ0n) is 6.34. The topological polar surface area (TPSA) is 32.3 Å². The molecular formula is C7H14N2O. The second kappa shape index (κ2) is 3.68. The number of hydrogen-bond donors (Lipinski definition) is 1. The number of likely N-dealkylation sites (tertiary alicyclic amines) is 1. The minimum absolute atomic E-state index is 0.499. The summed E-state index contributed by atoms with van der Waals surface area (Å²) in [6.07, 6.45) is 2.09. The first-order valence-electron chi connectivity index (χ1n) is 3.68. The maximum Gasteiger partial charge on any atom is 0.133 e.